The van der Waals surface area contributed by atoms with Gasteiger partial charge in [-0.2, -0.15) is 0 Å². The van der Waals surface area contributed by atoms with Gasteiger partial charge >= 0.3 is 0 Å². The highest BCUT2D eigenvalue weighted by Gasteiger charge is 2.24. The van der Waals surface area contributed by atoms with Crippen molar-refractivity contribution in [2.45, 2.75) is 46.1 Å². The monoisotopic (exact) mass is 293 g/mol. The number of rotatable bonds is 4. The van der Waals surface area contributed by atoms with Crippen LogP contribution >= 0.6 is 11.6 Å². The molecule has 0 saturated carbocycles. The zero-order valence-electron chi connectivity index (χ0n) is 11.6. The van der Waals surface area contributed by atoms with Crippen LogP contribution in [-0.4, -0.2) is 24.3 Å². The number of aryl methyl sites for hydroxylation is 2. The van der Waals surface area contributed by atoms with Crippen LogP contribution in [0.25, 0.3) is 5.78 Å². The second kappa shape index (κ2) is 5.01. The minimum Gasteiger partial charge on any atom is -0.294 e. The van der Waals surface area contributed by atoms with Crippen LogP contribution in [0.5, 0.6) is 0 Å². The summed E-state index contributed by atoms with van der Waals surface area (Å²) in [6.45, 7) is 4.70. The van der Waals surface area contributed by atoms with Crippen LogP contribution in [0.1, 0.15) is 37.6 Å². The molecule has 6 nitrogen and oxygen atoms in total. The largest absolute Gasteiger partial charge is 0.294 e. The summed E-state index contributed by atoms with van der Waals surface area (Å²) in [7, 11) is 0. The maximum atomic E-state index is 12.5. The quantitative estimate of drug-likeness (QED) is 0.812. The van der Waals surface area contributed by atoms with E-state index in [-0.39, 0.29) is 5.56 Å². The molecule has 7 heteroatoms. The van der Waals surface area contributed by atoms with E-state index in [0.29, 0.717) is 34.6 Å². The molecule has 0 N–H and O–H groups in total. The van der Waals surface area contributed by atoms with Gasteiger partial charge < -0.3 is 0 Å². The summed E-state index contributed by atoms with van der Waals surface area (Å²) in [6, 6.07) is 0. The number of nitrogens with zero attached hydrogens (tertiary/aromatic N) is 5. The lowest BCUT2D eigenvalue weighted by atomic mass is 10.2. The Morgan fingerprint density at radius 3 is 2.85 bits per heavy atom. The van der Waals surface area contributed by atoms with E-state index < -0.39 is 0 Å². The number of unbranched alkanes of at least 4 members (excludes halogenated alkanes) is 2. The summed E-state index contributed by atoms with van der Waals surface area (Å²) < 4.78 is 3.51. The van der Waals surface area contributed by atoms with Crippen molar-refractivity contribution in [1.82, 2.24) is 19.2 Å². The molecule has 0 unspecified atom stereocenters. The second-order valence-corrected chi connectivity index (χ2v) is 5.45. The van der Waals surface area contributed by atoms with Gasteiger partial charge in [-0.15, -0.1) is 10.2 Å². The van der Waals surface area contributed by atoms with Gasteiger partial charge in [0.15, 0.2) is 0 Å². The van der Waals surface area contributed by atoms with E-state index in [2.05, 4.69) is 22.1 Å². The molecule has 106 valence electrons. The fourth-order valence-corrected chi connectivity index (χ4v) is 2.77. The van der Waals surface area contributed by atoms with E-state index in [1.165, 1.54) is 0 Å². The molecule has 0 saturated heterocycles. The van der Waals surface area contributed by atoms with Crippen molar-refractivity contribution < 1.29 is 0 Å². The molecule has 0 spiro atoms. The Bertz CT molecular complexity index is 758. The lowest BCUT2D eigenvalue weighted by molar-refractivity contribution is 0.602. The Hall–Kier alpha value is -1.69. The van der Waals surface area contributed by atoms with Gasteiger partial charge in [0, 0.05) is 13.0 Å². The third-order valence-electron chi connectivity index (χ3n) is 3.57. The van der Waals surface area contributed by atoms with E-state index in [9.17, 15) is 4.79 Å². The predicted molar refractivity (Wildman–Crippen MR) is 78.2 cm³/mol. The first kappa shape index (κ1) is 13.3. The number of fused-ring (bicyclic) bond motifs is 2. The standard InChI is InChI=1S/C13H16ClN5O/c1-3-4-5-6-18-11-9(7-10(14)15-11)12(20)19-8(2)16-17-13(18)19/h3-7H2,1-2H3. The molecular weight excluding hydrogens is 278 g/mol. The topological polar surface area (TPSA) is 64.5 Å². The van der Waals surface area contributed by atoms with Gasteiger partial charge in [0.1, 0.15) is 16.8 Å². The molecule has 0 bridgehead atoms. The van der Waals surface area contributed by atoms with E-state index in [0.717, 1.165) is 25.8 Å². The van der Waals surface area contributed by atoms with Crippen LogP contribution in [-0.2, 0) is 13.0 Å². The fraction of sp³-hybridized carbons (Fsp3) is 0.538. The second-order valence-electron chi connectivity index (χ2n) is 5.01. The van der Waals surface area contributed by atoms with Crippen molar-refractivity contribution in [2.24, 2.45) is 4.99 Å². The lowest BCUT2D eigenvalue weighted by Gasteiger charge is -2.12. The first-order valence-electron chi connectivity index (χ1n) is 6.84. The molecule has 0 atom stereocenters. The Morgan fingerprint density at radius 2 is 2.10 bits per heavy atom. The number of hydrogen-bond acceptors (Lipinski definition) is 4. The number of aliphatic imine (C=N–C) groups is 1. The summed E-state index contributed by atoms with van der Waals surface area (Å²) in [4.78, 5) is 16.8. The molecule has 0 radical (unpaired) electrons. The first-order valence-corrected chi connectivity index (χ1v) is 7.21. The Labute approximate surface area is 121 Å². The van der Waals surface area contributed by atoms with Crippen LogP contribution in [0.15, 0.2) is 9.79 Å². The molecule has 1 aliphatic rings. The molecular formula is C13H16ClN5O. The van der Waals surface area contributed by atoms with Crippen LogP contribution in [0.4, 0.5) is 5.82 Å². The van der Waals surface area contributed by atoms with E-state index >= 15 is 0 Å². The summed E-state index contributed by atoms with van der Waals surface area (Å²) in [6.07, 6.45) is 3.67. The molecule has 2 aromatic heterocycles. The molecule has 0 fully saturated rings. The van der Waals surface area contributed by atoms with Crippen LogP contribution in [0.3, 0.4) is 0 Å². The van der Waals surface area contributed by atoms with Gasteiger partial charge in [0.05, 0.1) is 5.56 Å². The SMILES string of the molecule is CCCCCn1c2c(c(=O)n3c(C)nnc13)CC(Cl)=N2. The Morgan fingerprint density at radius 1 is 1.30 bits per heavy atom. The predicted octanol–water partition coefficient (Wildman–Crippen LogP) is 2.21. The van der Waals surface area contributed by atoms with E-state index in [1.807, 2.05) is 4.57 Å². The molecule has 3 heterocycles. The average molecular weight is 294 g/mol. The zero-order chi connectivity index (χ0) is 14.3. The van der Waals surface area contributed by atoms with Crippen molar-refractivity contribution in [3.05, 3.63) is 21.7 Å². The minimum atomic E-state index is -0.108. The molecule has 20 heavy (non-hydrogen) atoms. The van der Waals surface area contributed by atoms with Gasteiger partial charge in [0.2, 0.25) is 5.78 Å². The van der Waals surface area contributed by atoms with Gasteiger partial charge in [-0.1, -0.05) is 31.4 Å². The highest BCUT2D eigenvalue weighted by Crippen LogP contribution is 2.27. The molecule has 3 rings (SSSR count). The fourth-order valence-electron chi connectivity index (χ4n) is 2.56. The highest BCUT2D eigenvalue weighted by atomic mass is 35.5. The zero-order valence-corrected chi connectivity index (χ0v) is 12.3. The van der Waals surface area contributed by atoms with E-state index in [1.54, 1.807) is 11.3 Å². The molecule has 0 amide bonds. The molecule has 1 aliphatic heterocycles. The van der Waals surface area contributed by atoms with E-state index in [4.69, 9.17) is 11.6 Å². The number of hydrogen-bond donors (Lipinski definition) is 0. The van der Waals surface area contributed by atoms with Crippen LogP contribution in [0, 0.1) is 6.92 Å². The Kier molecular flexibility index (Phi) is 3.33. The molecule has 0 aromatic carbocycles. The van der Waals surface area contributed by atoms with Crippen molar-refractivity contribution >= 4 is 28.4 Å². The molecule has 2 aromatic rings. The minimum absolute atomic E-state index is 0.108. The number of aromatic nitrogens is 4. The first-order chi connectivity index (χ1) is 9.63. The summed E-state index contributed by atoms with van der Waals surface area (Å²) in [5, 5.41) is 8.60. The van der Waals surface area contributed by atoms with Crippen molar-refractivity contribution in [1.29, 1.82) is 0 Å². The van der Waals surface area contributed by atoms with Crippen molar-refractivity contribution in [2.75, 3.05) is 0 Å². The number of halogens is 1. The smallest absolute Gasteiger partial charge is 0.266 e. The van der Waals surface area contributed by atoms with Gasteiger partial charge in [-0.05, 0) is 13.3 Å². The van der Waals surface area contributed by atoms with Gasteiger partial charge in [-0.25, -0.2) is 9.39 Å². The maximum absolute atomic E-state index is 12.5. The Balaban J connectivity index is 2.22. The third kappa shape index (κ3) is 1.95. The van der Waals surface area contributed by atoms with Crippen LogP contribution in [0.2, 0.25) is 0 Å². The maximum Gasteiger partial charge on any atom is 0.266 e. The summed E-state index contributed by atoms with van der Waals surface area (Å²) in [5.41, 5.74) is 0.533. The average Bonchev–Trinajstić information content (AvgIpc) is 2.98. The third-order valence-corrected chi connectivity index (χ3v) is 3.79. The highest BCUT2D eigenvalue weighted by molar-refractivity contribution is 6.66. The van der Waals surface area contributed by atoms with Gasteiger partial charge in [-0.3, -0.25) is 9.36 Å². The molecule has 0 aliphatic carbocycles. The van der Waals surface area contributed by atoms with Crippen LogP contribution < -0.4 is 5.56 Å². The van der Waals surface area contributed by atoms with Crippen molar-refractivity contribution in [3.63, 3.8) is 0 Å². The summed E-state index contributed by atoms with van der Waals surface area (Å²) in [5.74, 6) is 1.80. The summed E-state index contributed by atoms with van der Waals surface area (Å²) >= 11 is 6.01. The normalized spacial score (nSPS) is 13.8. The van der Waals surface area contributed by atoms with Gasteiger partial charge in [0.25, 0.3) is 5.56 Å². The van der Waals surface area contributed by atoms with Crippen molar-refractivity contribution in [3.8, 4) is 0 Å². The lowest BCUT2D eigenvalue weighted by Crippen LogP contribution is -2.23.